The summed E-state index contributed by atoms with van der Waals surface area (Å²) >= 11 is 1.64. The maximum Gasteiger partial charge on any atom is 0.247 e. The van der Waals surface area contributed by atoms with Crippen LogP contribution in [0.2, 0.25) is 0 Å². The first-order valence-electron chi connectivity index (χ1n) is 7.44. The smallest absolute Gasteiger partial charge is 0.247 e. The standard InChI is InChI=1S/C14H20N6OS/c1-11(2)12(20-10-15-9-17-20)13(21)18-4-6-19(7-5-18)14-16-3-8-22-14/h3,8-12H,4-7H2,1-2H3/t12-/m1/s1. The summed E-state index contributed by atoms with van der Waals surface area (Å²) in [6.07, 6.45) is 4.91. The lowest BCUT2D eigenvalue weighted by molar-refractivity contribution is -0.136. The fraction of sp³-hybridized carbons (Fsp3) is 0.571. The molecule has 0 N–H and O–H groups in total. The summed E-state index contributed by atoms with van der Waals surface area (Å²) in [5.74, 6) is 0.297. The van der Waals surface area contributed by atoms with Crippen molar-refractivity contribution in [1.82, 2.24) is 24.6 Å². The first kappa shape index (κ1) is 15.0. The quantitative estimate of drug-likeness (QED) is 0.849. The lowest BCUT2D eigenvalue weighted by Gasteiger charge is -2.36. The summed E-state index contributed by atoms with van der Waals surface area (Å²) < 4.78 is 1.67. The number of nitrogens with zero attached hydrogens (tertiary/aromatic N) is 6. The highest BCUT2D eigenvalue weighted by atomic mass is 32.1. The maximum absolute atomic E-state index is 12.8. The molecule has 1 saturated heterocycles. The van der Waals surface area contributed by atoms with Gasteiger partial charge in [-0.2, -0.15) is 5.10 Å². The Labute approximate surface area is 133 Å². The number of carbonyl (C=O) groups is 1. The van der Waals surface area contributed by atoms with Crippen molar-refractivity contribution >= 4 is 22.4 Å². The zero-order valence-corrected chi connectivity index (χ0v) is 13.6. The highest BCUT2D eigenvalue weighted by Crippen LogP contribution is 2.23. The number of aromatic nitrogens is 4. The molecule has 0 radical (unpaired) electrons. The van der Waals surface area contributed by atoms with Crippen molar-refractivity contribution in [2.24, 2.45) is 5.92 Å². The van der Waals surface area contributed by atoms with Gasteiger partial charge in [0.2, 0.25) is 5.91 Å². The summed E-state index contributed by atoms with van der Waals surface area (Å²) in [4.78, 5) is 25.3. The Hall–Kier alpha value is -1.96. The highest BCUT2D eigenvalue weighted by Gasteiger charge is 2.31. The molecule has 8 heteroatoms. The van der Waals surface area contributed by atoms with E-state index in [1.165, 1.54) is 6.33 Å². The van der Waals surface area contributed by atoms with E-state index in [1.54, 1.807) is 22.3 Å². The van der Waals surface area contributed by atoms with E-state index in [4.69, 9.17) is 0 Å². The van der Waals surface area contributed by atoms with E-state index in [9.17, 15) is 4.79 Å². The van der Waals surface area contributed by atoms with Crippen molar-refractivity contribution in [1.29, 1.82) is 0 Å². The van der Waals surface area contributed by atoms with Gasteiger partial charge < -0.3 is 9.80 Å². The summed E-state index contributed by atoms with van der Waals surface area (Å²) in [5, 5.41) is 7.16. The van der Waals surface area contributed by atoms with Crippen LogP contribution in [-0.4, -0.2) is 56.7 Å². The molecule has 2 aromatic rings. The average molecular weight is 320 g/mol. The van der Waals surface area contributed by atoms with Crippen molar-refractivity contribution in [2.75, 3.05) is 31.1 Å². The van der Waals surface area contributed by atoms with E-state index in [2.05, 4.69) is 20.0 Å². The van der Waals surface area contributed by atoms with Crippen LogP contribution in [0.15, 0.2) is 24.2 Å². The Balaban J connectivity index is 1.66. The van der Waals surface area contributed by atoms with Crippen molar-refractivity contribution < 1.29 is 4.79 Å². The SMILES string of the molecule is CC(C)[C@H](C(=O)N1CCN(c2nccs2)CC1)n1cncn1. The Bertz CT molecular complexity index is 589. The molecule has 2 aromatic heterocycles. The summed E-state index contributed by atoms with van der Waals surface area (Å²) in [5.41, 5.74) is 0. The molecule has 3 heterocycles. The van der Waals surface area contributed by atoms with E-state index in [1.807, 2.05) is 30.3 Å². The van der Waals surface area contributed by atoms with Crippen molar-refractivity contribution in [3.63, 3.8) is 0 Å². The Morgan fingerprint density at radius 1 is 1.27 bits per heavy atom. The van der Waals surface area contributed by atoms with Crippen molar-refractivity contribution in [3.8, 4) is 0 Å². The van der Waals surface area contributed by atoms with Crippen LogP contribution in [0.1, 0.15) is 19.9 Å². The lowest BCUT2D eigenvalue weighted by atomic mass is 10.0. The number of amides is 1. The second-order valence-corrected chi connectivity index (χ2v) is 6.56. The molecule has 0 aliphatic carbocycles. The number of hydrogen-bond acceptors (Lipinski definition) is 6. The molecule has 1 aliphatic heterocycles. The second-order valence-electron chi connectivity index (χ2n) is 5.69. The van der Waals surface area contributed by atoms with Gasteiger partial charge in [-0.3, -0.25) is 4.79 Å². The zero-order chi connectivity index (χ0) is 15.5. The first-order valence-corrected chi connectivity index (χ1v) is 8.32. The van der Waals surface area contributed by atoms with Crippen LogP contribution in [0.4, 0.5) is 5.13 Å². The minimum Gasteiger partial charge on any atom is -0.345 e. The van der Waals surface area contributed by atoms with Crippen LogP contribution < -0.4 is 4.90 Å². The molecular formula is C14H20N6OS. The average Bonchev–Trinajstić information content (AvgIpc) is 3.21. The van der Waals surface area contributed by atoms with Crippen molar-refractivity contribution in [3.05, 3.63) is 24.2 Å². The number of anilines is 1. The molecule has 0 spiro atoms. The van der Waals surface area contributed by atoms with Gasteiger partial charge in [-0.25, -0.2) is 14.6 Å². The molecule has 0 saturated carbocycles. The van der Waals surface area contributed by atoms with Gasteiger partial charge in [0.1, 0.15) is 18.7 Å². The fourth-order valence-electron chi connectivity index (χ4n) is 2.74. The van der Waals surface area contributed by atoms with Crippen LogP contribution in [-0.2, 0) is 4.79 Å². The van der Waals surface area contributed by atoms with E-state index in [-0.39, 0.29) is 17.9 Å². The zero-order valence-electron chi connectivity index (χ0n) is 12.8. The van der Waals surface area contributed by atoms with Crippen LogP contribution in [0, 0.1) is 5.92 Å². The fourth-order valence-corrected chi connectivity index (χ4v) is 3.44. The Morgan fingerprint density at radius 2 is 2.05 bits per heavy atom. The molecular weight excluding hydrogens is 300 g/mol. The van der Waals surface area contributed by atoms with E-state index in [0.29, 0.717) is 0 Å². The van der Waals surface area contributed by atoms with Crippen LogP contribution in [0.25, 0.3) is 0 Å². The Morgan fingerprint density at radius 3 is 2.59 bits per heavy atom. The van der Waals surface area contributed by atoms with Gasteiger partial charge in [0.15, 0.2) is 5.13 Å². The largest absolute Gasteiger partial charge is 0.345 e. The molecule has 7 nitrogen and oxygen atoms in total. The van der Waals surface area contributed by atoms with Gasteiger partial charge >= 0.3 is 0 Å². The highest BCUT2D eigenvalue weighted by molar-refractivity contribution is 7.13. The topological polar surface area (TPSA) is 67.2 Å². The summed E-state index contributed by atoms with van der Waals surface area (Å²) in [7, 11) is 0. The number of rotatable bonds is 4. The van der Waals surface area contributed by atoms with Crippen LogP contribution in [0.3, 0.4) is 0 Å². The van der Waals surface area contributed by atoms with E-state index >= 15 is 0 Å². The third-order valence-corrected chi connectivity index (χ3v) is 4.72. The number of carbonyl (C=O) groups excluding carboxylic acids is 1. The number of piperazine rings is 1. The monoisotopic (exact) mass is 320 g/mol. The van der Waals surface area contributed by atoms with E-state index < -0.39 is 0 Å². The van der Waals surface area contributed by atoms with Gasteiger partial charge in [0, 0.05) is 37.8 Å². The molecule has 118 valence electrons. The predicted molar refractivity (Wildman–Crippen MR) is 84.8 cm³/mol. The molecule has 1 amide bonds. The molecule has 0 bridgehead atoms. The van der Waals surface area contributed by atoms with Crippen LogP contribution in [0.5, 0.6) is 0 Å². The molecule has 1 fully saturated rings. The molecule has 22 heavy (non-hydrogen) atoms. The second kappa shape index (κ2) is 6.43. The molecule has 1 aliphatic rings. The minimum absolute atomic E-state index is 0.124. The van der Waals surface area contributed by atoms with Gasteiger partial charge in [0.05, 0.1) is 0 Å². The summed E-state index contributed by atoms with van der Waals surface area (Å²) in [6.45, 7) is 7.15. The third-order valence-electron chi connectivity index (χ3n) is 3.89. The van der Waals surface area contributed by atoms with Crippen molar-refractivity contribution in [2.45, 2.75) is 19.9 Å². The van der Waals surface area contributed by atoms with Gasteiger partial charge in [-0.15, -0.1) is 11.3 Å². The maximum atomic E-state index is 12.8. The first-order chi connectivity index (χ1) is 10.7. The summed E-state index contributed by atoms with van der Waals surface area (Å²) in [6, 6.07) is -0.283. The molecule has 0 unspecified atom stereocenters. The minimum atomic E-state index is -0.283. The normalized spacial score (nSPS) is 17.0. The van der Waals surface area contributed by atoms with Gasteiger partial charge in [0.25, 0.3) is 0 Å². The Kier molecular flexibility index (Phi) is 4.37. The lowest BCUT2D eigenvalue weighted by Crippen LogP contribution is -2.51. The van der Waals surface area contributed by atoms with Crippen LogP contribution >= 0.6 is 11.3 Å². The van der Waals surface area contributed by atoms with Gasteiger partial charge in [-0.05, 0) is 5.92 Å². The predicted octanol–water partition coefficient (Wildman–Crippen LogP) is 1.28. The molecule has 1 atom stereocenters. The number of hydrogen-bond donors (Lipinski definition) is 0. The number of thiazole rings is 1. The van der Waals surface area contributed by atoms with E-state index in [0.717, 1.165) is 31.3 Å². The molecule has 0 aromatic carbocycles. The van der Waals surface area contributed by atoms with Gasteiger partial charge in [-0.1, -0.05) is 13.8 Å². The third kappa shape index (κ3) is 2.96. The molecule has 3 rings (SSSR count).